The van der Waals surface area contributed by atoms with Gasteiger partial charge < -0.3 is 18.7 Å². The fourth-order valence-electron chi connectivity index (χ4n) is 4.94. The molecule has 1 aromatic heterocycles. The van der Waals surface area contributed by atoms with Crippen molar-refractivity contribution in [2.24, 2.45) is 0 Å². The van der Waals surface area contributed by atoms with Gasteiger partial charge in [0.2, 0.25) is 0 Å². The molecule has 0 aliphatic carbocycles. The van der Waals surface area contributed by atoms with Crippen LogP contribution >= 0.6 is 0 Å². The van der Waals surface area contributed by atoms with Crippen molar-refractivity contribution in [3.05, 3.63) is 47.9 Å². The first-order chi connectivity index (χ1) is 21.1. The minimum absolute atomic E-state index is 0.345. The molecular weight excluding hydrogens is 534 g/mol. The van der Waals surface area contributed by atoms with Gasteiger partial charge in [-0.15, -0.1) is 0 Å². The van der Waals surface area contributed by atoms with Crippen molar-refractivity contribution in [3.63, 3.8) is 0 Å². The third-order valence-corrected chi connectivity index (χ3v) is 7.25. The fraction of sp³-hybridized carbons (Fsp3) is 0.711. The van der Waals surface area contributed by atoms with Gasteiger partial charge in [-0.25, -0.2) is 0 Å². The molecule has 1 aliphatic heterocycles. The first-order valence-corrected chi connectivity index (χ1v) is 17.7. The van der Waals surface area contributed by atoms with E-state index in [-0.39, 0.29) is 0 Å². The summed E-state index contributed by atoms with van der Waals surface area (Å²) in [5.41, 5.74) is 1.30. The van der Waals surface area contributed by atoms with E-state index < -0.39 is 0 Å². The number of fused-ring (bicyclic) bond motifs is 1. The fourth-order valence-corrected chi connectivity index (χ4v) is 4.94. The van der Waals surface area contributed by atoms with Gasteiger partial charge in [-0.3, -0.25) is 4.90 Å². The molecule has 0 unspecified atom stereocenters. The lowest BCUT2D eigenvalue weighted by Crippen LogP contribution is -2.19. The molecular formula is C38H67NO4. The van der Waals surface area contributed by atoms with E-state index in [1.54, 1.807) is 13.2 Å². The van der Waals surface area contributed by atoms with E-state index >= 15 is 0 Å². The highest BCUT2D eigenvalue weighted by Crippen LogP contribution is 2.31. The van der Waals surface area contributed by atoms with Gasteiger partial charge in [0, 0.05) is 6.42 Å². The summed E-state index contributed by atoms with van der Waals surface area (Å²) in [5, 5.41) is 0. The lowest BCUT2D eigenvalue weighted by atomic mass is 10.0. The van der Waals surface area contributed by atoms with Crippen LogP contribution in [0.15, 0.2) is 41.0 Å². The van der Waals surface area contributed by atoms with Gasteiger partial charge in [0.05, 0.1) is 12.8 Å². The average molecular weight is 602 g/mol. The molecule has 0 N–H and O–H groups in total. The number of Topliss-reactive ketones (excluding diaryl/α,β-unsaturated/α-hetero) is 1. The Bertz CT molecular complexity index is 865. The molecule has 3 rings (SSSR count). The lowest BCUT2D eigenvalue weighted by molar-refractivity contribution is -0.117. The predicted molar refractivity (Wildman–Crippen MR) is 184 cm³/mol. The van der Waals surface area contributed by atoms with Crippen LogP contribution in [0.4, 0.5) is 0 Å². The largest absolute Gasteiger partial charge is 0.486 e. The van der Waals surface area contributed by atoms with Crippen molar-refractivity contribution in [1.29, 1.82) is 0 Å². The van der Waals surface area contributed by atoms with Gasteiger partial charge in [-0.2, -0.15) is 0 Å². The average Bonchev–Trinajstić information content (AvgIpc) is 3.54. The van der Waals surface area contributed by atoms with Crippen LogP contribution in [0.3, 0.4) is 0 Å². The standard InChI is InChI=1S/C17H21NO3.C17H34O.2C2H6/c1-18(13-15-5-3-9-19-15)8-2-4-14-6-7-16-17(12-14)21-11-10-20-16;1-3-4-5-6-7-8-9-10-11-12-13-14-15-16-17(2)18;2*1-2/h3,5-7,9,12H,2,4,8,10-11,13H2,1H3;3-16H2,1-2H3;2*1-2H3. The lowest BCUT2D eigenvalue weighted by Gasteiger charge is -2.19. The number of rotatable bonds is 20. The quantitative estimate of drug-likeness (QED) is 0.141. The summed E-state index contributed by atoms with van der Waals surface area (Å²) in [6, 6.07) is 10.2. The van der Waals surface area contributed by atoms with E-state index in [4.69, 9.17) is 13.9 Å². The van der Waals surface area contributed by atoms with E-state index in [2.05, 4.69) is 31.0 Å². The minimum atomic E-state index is 0.345. The number of furan rings is 1. The molecule has 2 aromatic rings. The molecule has 2 heterocycles. The van der Waals surface area contributed by atoms with Gasteiger partial charge in [-0.05, 0) is 69.6 Å². The molecule has 1 aromatic carbocycles. The molecule has 0 amide bonds. The van der Waals surface area contributed by atoms with Crippen molar-refractivity contribution in [2.75, 3.05) is 26.8 Å². The number of benzene rings is 1. The predicted octanol–water partition coefficient (Wildman–Crippen LogP) is 11.2. The summed E-state index contributed by atoms with van der Waals surface area (Å²) in [5.74, 6) is 3.09. The van der Waals surface area contributed by atoms with Crippen molar-refractivity contribution in [3.8, 4) is 11.5 Å². The van der Waals surface area contributed by atoms with Crippen molar-refractivity contribution >= 4 is 5.78 Å². The molecule has 0 bridgehead atoms. The van der Waals surface area contributed by atoms with Crippen LogP contribution in [0.5, 0.6) is 11.5 Å². The highest BCUT2D eigenvalue weighted by atomic mass is 16.6. The third-order valence-electron chi connectivity index (χ3n) is 7.25. The number of carbonyl (C=O) groups is 1. The maximum atomic E-state index is 10.7. The molecule has 0 spiro atoms. The molecule has 0 fully saturated rings. The monoisotopic (exact) mass is 602 g/mol. The van der Waals surface area contributed by atoms with Gasteiger partial charge in [0.15, 0.2) is 11.5 Å². The van der Waals surface area contributed by atoms with Gasteiger partial charge in [0.1, 0.15) is 24.8 Å². The topological polar surface area (TPSA) is 51.9 Å². The molecule has 0 saturated heterocycles. The number of carbonyl (C=O) groups excluding carboxylic acids is 1. The zero-order valence-corrected chi connectivity index (χ0v) is 29.2. The molecule has 1 aliphatic rings. The highest BCUT2D eigenvalue weighted by Gasteiger charge is 2.11. The number of ether oxygens (including phenoxy) is 2. The second kappa shape index (κ2) is 29.8. The van der Waals surface area contributed by atoms with E-state index in [0.29, 0.717) is 19.0 Å². The van der Waals surface area contributed by atoms with E-state index in [0.717, 1.165) is 56.0 Å². The Balaban J connectivity index is 0.000000745. The first-order valence-electron chi connectivity index (χ1n) is 17.7. The van der Waals surface area contributed by atoms with Crippen LogP contribution < -0.4 is 9.47 Å². The normalized spacial score (nSPS) is 11.4. The Morgan fingerprint density at radius 1 is 0.744 bits per heavy atom. The van der Waals surface area contributed by atoms with Gasteiger partial charge >= 0.3 is 0 Å². The number of ketones is 1. The van der Waals surface area contributed by atoms with Crippen molar-refractivity contribution in [1.82, 2.24) is 4.90 Å². The van der Waals surface area contributed by atoms with E-state index in [1.807, 2.05) is 45.9 Å². The van der Waals surface area contributed by atoms with Crippen LogP contribution in [0.25, 0.3) is 0 Å². The summed E-state index contributed by atoms with van der Waals surface area (Å²) in [6.07, 6.45) is 22.5. The maximum absolute atomic E-state index is 10.7. The van der Waals surface area contributed by atoms with Gasteiger partial charge in [0.25, 0.3) is 0 Å². The molecule has 0 saturated carbocycles. The van der Waals surface area contributed by atoms with Crippen LogP contribution in [0.1, 0.15) is 149 Å². The second-order valence-electron chi connectivity index (χ2n) is 11.1. The molecule has 248 valence electrons. The molecule has 43 heavy (non-hydrogen) atoms. The summed E-state index contributed by atoms with van der Waals surface area (Å²) < 4.78 is 16.5. The summed E-state index contributed by atoms with van der Waals surface area (Å²) >= 11 is 0. The Hall–Kier alpha value is -2.27. The number of unbranched alkanes of at least 4 members (excludes halogenated alkanes) is 12. The van der Waals surface area contributed by atoms with Crippen LogP contribution in [-0.2, 0) is 17.8 Å². The summed E-state index contributed by atoms with van der Waals surface area (Å²) in [6.45, 7) is 15.1. The highest BCUT2D eigenvalue weighted by molar-refractivity contribution is 5.75. The zero-order valence-electron chi connectivity index (χ0n) is 29.2. The first kappa shape index (κ1) is 40.7. The Morgan fingerprint density at radius 2 is 1.30 bits per heavy atom. The zero-order chi connectivity index (χ0) is 32.0. The van der Waals surface area contributed by atoms with Crippen LogP contribution in [0, 0.1) is 0 Å². The number of hydrogen-bond donors (Lipinski definition) is 0. The SMILES string of the molecule is CC.CC.CCCCCCCCCCCCCCCC(C)=O.CN(CCCc1ccc2c(c1)OCCO2)Cc1ccco1. The van der Waals surface area contributed by atoms with E-state index in [1.165, 1.54) is 82.6 Å². The number of hydrogen-bond acceptors (Lipinski definition) is 5. The maximum Gasteiger partial charge on any atom is 0.161 e. The Labute approximate surface area is 266 Å². The second-order valence-corrected chi connectivity index (χ2v) is 11.1. The van der Waals surface area contributed by atoms with E-state index in [9.17, 15) is 4.79 Å². The van der Waals surface area contributed by atoms with Crippen molar-refractivity contribution < 1.29 is 18.7 Å². The molecule has 5 nitrogen and oxygen atoms in total. The van der Waals surface area contributed by atoms with Crippen LogP contribution in [0.2, 0.25) is 0 Å². The van der Waals surface area contributed by atoms with Crippen LogP contribution in [-0.4, -0.2) is 37.5 Å². The summed E-state index contributed by atoms with van der Waals surface area (Å²) in [7, 11) is 2.12. The number of nitrogens with zero attached hydrogens (tertiary/aromatic N) is 1. The third kappa shape index (κ3) is 22.9. The number of aryl methyl sites for hydroxylation is 1. The van der Waals surface area contributed by atoms with Crippen molar-refractivity contribution in [2.45, 2.75) is 151 Å². The molecule has 0 atom stereocenters. The smallest absolute Gasteiger partial charge is 0.161 e. The molecule has 5 heteroatoms. The van der Waals surface area contributed by atoms with Gasteiger partial charge in [-0.1, -0.05) is 118 Å². The Kier molecular flexibility index (Phi) is 28.2. The molecule has 0 radical (unpaired) electrons. The summed E-state index contributed by atoms with van der Waals surface area (Å²) in [4.78, 5) is 13.0. The minimum Gasteiger partial charge on any atom is -0.486 e. The Morgan fingerprint density at radius 3 is 1.84 bits per heavy atom.